The third-order valence-electron chi connectivity index (χ3n) is 4.91. The quantitative estimate of drug-likeness (QED) is 0.836. The van der Waals surface area contributed by atoms with Crippen LogP contribution in [0.15, 0.2) is 28.7 Å². The number of fused-ring (bicyclic) bond motifs is 1. The van der Waals surface area contributed by atoms with Crippen LogP contribution in [0.4, 0.5) is 0 Å². The third-order valence-corrected chi connectivity index (χ3v) is 4.91. The third kappa shape index (κ3) is 2.80. The Hall–Kier alpha value is -1.48. The molecule has 0 amide bonds. The lowest BCUT2D eigenvalue weighted by molar-refractivity contribution is 0.368. The Morgan fingerprint density at radius 1 is 1.24 bits per heavy atom. The van der Waals surface area contributed by atoms with Crippen molar-refractivity contribution in [2.24, 2.45) is 17.8 Å². The minimum Gasteiger partial charge on any atom is -0.493 e. The summed E-state index contributed by atoms with van der Waals surface area (Å²) < 4.78 is 11.3. The van der Waals surface area contributed by atoms with Gasteiger partial charge in [-0.05, 0) is 62.1 Å². The number of ether oxygens (including phenoxy) is 1. The molecule has 0 radical (unpaired) electrons. The molecule has 3 nitrogen and oxygen atoms in total. The topological polar surface area (TPSA) is 34.4 Å². The summed E-state index contributed by atoms with van der Waals surface area (Å²) in [5.74, 6) is 4.72. The SMILES string of the molecule is COc1cccc2cc(CNCC(C3CC3)C3CC3)oc12. The Morgan fingerprint density at radius 2 is 2.00 bits per heavy atom. The fraction of sp³-hybridized carbons (Fsp3) is 0.556. The maximum Gasteiger partial charge on any atom is 0.176 e. The molecule has 2 aliphatic carbocycles. The second-order valence-corrected chi connectivity index (χ2v) is 6.56. The van der Waals surface area contributed by atoms with Crippen molar-refractivity contribution < 1.29 is 9.15 Å². The zero-order valence-electron chi connectivity index (χ0n) is 12.6. The lowest BCUT2D eigenvalue weighted by atomic mass is 9.98. The molecule has 0 bridgehead atoms. The van der Waals surface area contributed by atoms with Gasteiger partial charge in [0.25, 0.3) is 0 Å². The van der Waals surface area contributed by atoms with Gasteiger partial charge in [0, 0.05) is 5.39 Å². The van der Waals surface area contributed by atoms with Crippen LogP contribution in [0.2, 0.25) is 0 Å². The molecule has 3 heteroatoms. The van der Waals surface area contributed by atoms with Crippen molar-refractivity contribution in [3.8, 4) is 5.75 Å². The highest BCUT2D eigenvalue weighted by molar-refractivity contribution is 5.83. The minimum atomic E-state index is 0.813. The van der Waals surface area contributed by atoms with E-state index in [1.54, 1.807) is 7.11 Å². The fourth-order valence-corrected chi connectivity index (χ4v) is 3.47. The highest BCUT2D eigenvalue weighted by atomic mass is 16.5. The second kappa shape index (κ2) is 5.38. The molecule has 4 rings (SSSR count). The number of hydrogen-bond donors (Lipinski definition) is 1. The molecule has 2 aromatic rings. The summed E-state index contributed by atoms with van der Waals surface area (Å²) in [4.78, 5) is 0. The summed E-state index contributed by atoms with van der Waals surface area (Å²) >= 11 is 0. The van der Waals surface area contributed by atoms with Crippen molar-refractivity contribution >= 4 is 11.0 Å². The number of hydrogen-bond acceptors (Lipinski definition) is 3. The van der Waals surface area contributed by atoms with Crippen LogP contribution in [0.1, 0.15) is 31.4 Å². The van der Waals surface area contributed by atoms with Gasteiger partial charge in [0.2, 0.25) is 0 Å². The van der Waals surface area contributed by atoms with Gasteiger partial charge in [0.05, 0.1) is 13.7 Å². The van der Waals surface area contributed by atoms with E-state index >= 15 is 0 Å². The van der Waals surface area contributed by atoms with Gasteiger partial charge in [-0.25, -0.2) is 0 Å². The van der Waals surface area contributed by atoms with Gasteiger partial charge < -0.3 is 14.5 Å². The summed E-state index contributed by atoms with van der Waals surface area (Å²) in [5.41, 5.74) is 0.859. The van der Waals surface area contributed by atoms with Crippen LogP contribution in [0.5, 0.6) is 5.75 Å². The van der Waals surface area contributed by atoms with Gasteiger partial charge >= 0.3 is 0 Å². The molecular formula is C18H23NO2. The standard InChI is InChI=1S/C18H23NO2/c1-20-17-4-2-3-14-9-15(21-18(14)17)10-19-11-16(12-5-6-12)13-7-8-13/h2-4,9,12-13,16,19H,5-8,10-11H2,1H3. The highest BCUT2D eigenvalue weighted by Crippen LogP contribution is 2.48. The first-order chi connectivity index (χ1) is 10.3. The summed E-state index contributed by atoms with van der Waals surface area (Å²) in [5, 5.41) is 4.73. The van der Waals surface area contributed by atoms with E-state index in [9.17, 15) is 0 Å². The molecule has 2 saturated carbocycles. The van der Waals surface area contributed by atoms with Crippen LogP contribution in [0, 0.1) is 17.8 Å². The van der Waals surface area contributed by atoms with Gasteiger partial charge in [-0.2, -0.15) is 0 Å². The van der Waals surface area contributed by atoms with Crippen molar-refractivity contribution in [1.82, 2.24) is 5.32 Å². The number of rotatable bonds is 7. The maximum absolute atomic E-state index is 5.94. The van der Waals surface area contributed by atoms with Gasteiger partial charge in [-0.3, -0.25) is 0 Å². The molecule has 2 fully saturated rings. The summed E-state index contributed by atoms with van der Waals surface area (Å²) in [6.45, 7) is 1.96. The van der Waals surface area contributed by atoms with Crippen LogP contribution in [-0.4, -0.2) is 13.7 Å². The average molecular weight is 285 g/mol. The van der Waals surface area contributed by atoms with Crippen LogP contribution in [-0.2, 0) is 6.54 Å². The predicted octanol–water partition coefficient (Wildman–Crippen LogP) is 3.97. The van der Waals surface area contributed by atoms with Crippen molar-refractivity contribution in [2.75, 3.05) is 13.7 Å². The lowest BCUT2D eigenvalue weighted by Gasteiger charge is -2.15. The van der Waals surface area contributed by atoms with E-state index in [2.05, 4.69) is 17.4 Å². The lowest BCUT2D eigenvalue weighted by Crippen LogP contribution is -2.25. The molecule has 0 spiro atoms. The molecule has 1 aromatic carbocycles. The Bertz CT molecular complexity index is 613. The number of furan rings is 1. The molecule has 0 saturated heterocycles. The zero-order chi connectivity index (χ0) is 14.2. The van der Waals surface area contributed by atoms with Gasteiger partial charge in [0.1, 0.15) is 5.76 Å². The van der Waals surface area contributed by atoms with E-state index in [1.807, 2.05) is 12.1 Å². The van der Waals surface area contributed by atoms with Crippen molar-refractivity contribution in [3.05, 3.63) is 30.0 Å². The minimum absolute atomic E-state index is 0.813. The van der Waals surface area contributed by atoms with E-state index in [-0.39, 0.29) is 0 Å². The predicted molar refractivity (Wildman–Crippen MR) is 83.4 cm³/mol. The summed E-state index contributed by atoms with van der Waals surface area (Å²) in [6.07, 6.45) is 5.80. The Balaban J connectivity index is 1.40. The molecule has 112 valence electrons. The van der Waals surface area contributed by atoms with Crippen LogP contribution >= 0.6 is 0 Å². The number of methoxy groups -OCH3 is 1. The van der Waals surface area contributed by atoms with E-state index in [4.69, 9.17) is 9.15 Å². The molecule has 1 N–H and O–H groups in total. The van der Waals surface area contributed by atoms with Gasteiger partial charge in [-0.1, -0.05) is 12.1 Å². The second-order valence-electron chi connectivity index (χ2n) is 6.56. The average Bonchev–Trinajstić information content (AvgIpc) is 3.41. The number of nitrogens with one attached hydrogen (secondary N) is 1. The van der Waals surface area contributed by atoms with Gasteiger partial charge in [0.15, 0.2) is 11.3 Å². The smallest absolute Gasteiger partial charge is 0.176 e. The maximum atomic E-state index is 5.94. The number of benzene rings is 1. The first-order valence-corrected chi connectivity index (χ1v) is 8.11. The van der Waals surface area contributed by atoms with Crippen molar-refractivity contribution in [3.63, 3.8) is 0 Å². The molecule has 1 aromatic heterocycles. The number of para-hydroxylation sites is 1. The van der Waals surface area contributed by atoms with E-state index in [0.29, 0.717) is 0 Å². The Morgan fingerprint density at radius 3 is 2.67 bits per heavy atom. The monoisotopic (exact) mass is 285 g/mol. The molecule has 0 unspecified atom stereocenters. The molecule has 2 aliphatic rings. The first-order valence-electron chi connectivity index (χ1n) is 8.11. The van der Waals surface area contributed by atoms with E-state index in [1.165, 1.54) is 25.7 Å². The fourth-order valence-electron chi connectivity index (χ4n) is 3.47. The van der Waals surface area contributed by atoms with Crippen molar-refractivity contribution in [2.45, 2.75) is 32.2 Å². The largest absolute Gasteiger partial charge is 0.493 e. The Kier molecular flexibility index (Phi) is 3.38. The molecule has 0 atom stereocenters. The first kappa shape index (κ1) is 13.2. The highest BCUT2D eigenvalue weighted by Gasteiger charge is 2.40. The van der Waals surface area contributed by atoms with Crippen LogP contribution in [0.3, 0.4) is 0 Å². The molecule has 1 heterocycles. The van der Waals surface area contributed by atoms with E-state index in [0.717, 1.165) is 53.3 Å². The normalized spacial score (nSPS) is 18.6. The van der Waals surface area contributed by atoms with Gasteiger partial charge in [-0.15, -0.1) is 0 Å². The summed E-state index contributed by atoms with van der Waals surface area (Å²) in [7, 11) is 1.69. The zero-order valence-corrected chi connectivity index (χ0v) is 12.6. The summed E-state index contributed by atoms with van der Waals surface area (Å²) in [6, 6.07) is 8.14. The van der Waals surface area contributed by atoms with E-state index < -0.39 is 0 Å². The Labute approximate surface area is 125 Å². The molecular weight excluding hydrogens is 262 g/mol. The van der Waals surface area contributed by atoms with Crippen molar-refractivity contribution in [1.29, 1.82) is 0 Å². The van der Waals surface area contributed by atoms with Crippen LogP contribution < -0.4 is 10.1 Å². The molecule has 21 heavy (non-hydrogen) atoms. The van der Waals surface area contributed by atoms with Crippen LogP contribution in [0.25, 0.3) is 11.0 Å². The molecule has 0 aliphatic heterocycles.